The number of carbonyl (C=O) groups excluding carboxylic acids is 1. The van der Waals surface area contributed by atoms with E-state index in [1.807, 2.05) is 0 Å². The Hall–Kier alpha value is -1.28. The number of nitrogens with zero attached hydrogens (tertiary/aromatic N) is 3. The van der Waals surface area contributed by atoms with Gasteiger partial charge in [-0.25, -0.2) is 4.79 Å². The fourth-order valence-corrected chi connectivity index (χ4v) is 2.80. The lowest BCUT2D eigenvalue weighted by Crippen LogP contribution is -2.44. The van der Waals surface area contributed by atoms with Gasteiger partial charge in [-0.1, -0.05) is 0 Å². The van der Waals surface area contributed by atoms with Crippen LogP contribution in [0.15, 0.2) is 0 Å². The first-order valence-electron chi connectivity index (χ1n) is 6.62. The van der Waals surface area contributed by atoms with Crippen molar-refractivity contribution in [3.05, 3.63) is 0 Å². The SMILES string of the molecule is CN1CCC(C2CN(C(C)(C)C#N)C(=O)N2)CC1. The first kappa shape index (κ1) is 13.2. The Morgan fingerprint density at radius 1 is 1.39 bits per heavy atom. The maximum absolute atomic E-state index is 12.0. The molecule has 1 unspecified atom stereocenters. The Bertz CT molecular complexity index is 366. The van der Waals surface area contributed by atoms with Crippen molar-refractivity contribution in [2.24, 2.45) is 5.92 Å². The summed E-state index contributed by atoms with van der Waals surface area (Å²) in [7, 11) is 2.13. The van der Waals surface area contributed by atoms with Crippen LogP contribution in [0.4, 0.5) is 4.79 Å². The van der Waals surface area contributed by atoms with Gasteiger partial charge >= 0.3 is 6.03 Å². The van der Waals surface area contributed by atoms with E-state index < -0.39 is 5.54 Å². The van der Waals surface area contributed by atoms with Crippen LogP contribution in [0.1, 0.15) is 26.7 Å². The minimum atomic E-state index is -0.718. The fourth-order valence-electron chi connectivity index (χ4n) is 2.80. The topological polar surface area (TPSA) is 59.4 Å². The minimum absolute atomic E-state index is 0.0921. The van der Waals surface area contributed by atoms with Crippen molar-refractivity contribution in [3.8, 4) is 6.07 Å². The molecular formula is C13H22N4O. The molecule has 2 aliphatic rings. The lowest BCUT2D eigenvalue weighted by Gasteiger charge is -2.33. The summed E-state index contributed by atoms with van der Waals surface area (Å²) in [6.07, 6.45) is 2.25. The second-order valence-corrected chi connectivity index (χ2v) is 5.98. The van der Waals surface area contributed by atoms with Gasteiger partial charge in [0.15, 0.2) is 0 Å². The Balaban J connectivity index is 1.99. The molecule has 5 heteroatoms. The van der Waals surface area contributed by atoms with E-state index in [-0.39, 0.29) is 12.1 Å². The number of likely N-dealkylation sites (tertiary alicyclic amines) is 1. The molecule has 1 N–H and O–H groups in total. The average Bonchev–Trinajstić information content (AvgIpc) is 2.73. The Morgan fingerprint density at radius 3 is 2.56 bits per heavy atom. The third-order valence-corrected chi connectivity index (χ3v) is 4.21. The molecule has 0 saturated carbocycles. The molecule has 0 aromatic carbocycles. The zero-order valence-corrected chi connectivity index (χ0v) is 11.4. The summed E-state index contributed by atoms with van der Waals surface area (Å²) in [4.78, 5) is 15.9. The molecule has 5 nitrogen and oxygen atoms in total. The normalized spacial score (nSPS) is 27.1. The number of nitriles is 1. The molecule has 18 heavy (non-hydrogen) atoms. The fraction of sp³-hybridized carbons (Fsp3) is 0.846. The number of carbonyl (C=O) groups is 1. The van der Waals surface area contributed by atoms with Gasteiger partial charge in [0.25, 0.3) is 0 Å². The van der Waals surface area contributed by atoms with Crippen LogP contribution in [0.2, 0.25) is 0 Å². The molecule has 2 rings (SSSR count). The molecule has 0 aromatic rings. The van der Waals surface area contributed by atoms with Crippen LogP contribution in [0.5, 0.6) is 0 Å². The molecule has 0 bridgehead atoms. The van der Waals surface area contributed by atoms with Crippen molar-refractivity contribution < 1.29 is 4.79 Å². The van der Waals surface area contributed by atoms with Crippen LogP contribution in [0, 0.1) is 17.2 Å². The Kier molecular flexibility index (Phi) is 3.49. The molecular weight excluding hydrogens is 228 g/mol. The summed E-state index contributed by atoms with van der Waals surface area (Å²) in [5.74, 6) is 0.546. The van der Waals surface area contributed by atoms with Gasteiger partial charge in [0.1, 0.15) is 5.54 Å². The lowest BCUT2D eigenvalue weighted by atomic mass is 9.89. The molecule has 0 spiro atoms. The first-order valence-corrected chi connectivity index (χ1v) is 6.62. The van der Waals surface area contributed by atoms with Crippen LogP contribution >= 0.6 is 0 Å². The standard InChI is InChI=1S/C13H22N4O/c1-13(2,9-14)17-8-11(15-12(17)18)10-4-6-16(3)7-5-10/h10-11H,4-8H2,1-3H3,(H,15,18). The second kappa shape index (κ2) is 4.77. The van der Waals surface area contributed by atoms with Crippen LogP contribution in [0.25, 0.3) is 0 Å². The van der Waals surface area contributed by atoms with Crippen molar-refractivity contribution in [1.29, 1.82) is 5.26 Å². The van der Waals surface area contributed by atoms with Crippen LogP contribution in [0.3, 0.4) is 0 Å². The largest absolute Gasteiger partial charge is 0.333 e. The molecule has 2 aliphatic heterocycles. The third-order valence-electron chi connectivity index (χ3n) is 4.21. The number of piperidine rings is 1. The highest BCUT2D eigenvalue weighted by Gasteiger charge is 2.41. The maximum atomic E-state index is 12.0. The van der Waals surface area contributed by atoms with Gasteiger partial charge < -0.3 is 15.1 Å². The van der Waals surface area contributed by atoms with E-state index >= 15 is 0 Å². The van der Waals surface area contributed by atoms with Crippen molar-refractivity contribution in [1.82, 2.24) is 15.1 Å². The number of nitrogens with one attached hydrogen (secondary N) is 1. The lowest BCUT2D eigenvalue weighted by molar-refractivity contribution is 0.174. The van der Waals surface area contributed by atoms with Crippen LogP contribution in [-0.2, 0) is 0 Å². The van der Waals surface area contributed by atoms with Gasteiger partial charge in [0.05, 0.1) is 12.1 Å². The molecule has 0 radical (unpaired) electrons. The van der Waals surface area contributed by atoms with E-state index in [2.05, 4.69) is 23.3 Å². The summed E-state index contributed by atoms with van der Waals surface area (Å²) < 4.78 is 0. The van der Waals surface area contributed by atoms with Gasteiger partial charge in [-0.3, -0.25) is 0 Å². The van der Waals surface area contributed by atoms with Crippen LogP contribution in [-0.4, -0.2) is 54.1 Å². The van der Waals surface area contributed by atoms with Gasteiger partial charge in [-0.15, -0.1) is 0 Å². The average molecular weight is 250 g/mol. The predicted octanol–water partition coefficient (Wildman–Crippen LogP) is 1.02. The highest BCUT2D eigenvalue weighted by molar-refractivity contribution is 5.78. The summed E-state index contributed by atoms with van der Waals surface area (Å²) in [5, 5.41) is 12.2. The zero-order valence-electron chi connectivity index (χ0n) is 11.4. The highest BCUT2D eigenvalue weighted by atomic mass is 16.2. The Morgan fingerprint density at radius 2 is 2.00 bits per heavy atom. The minimum Gasteiger partial charge on any atom is -0.333 e. The van der Waals surface area contributed by atoms with Crippen LogP contribution < -0.4 is 5.32 Å². The molecule has 2 amide bonds. The van der Waals surface area contributed by atoms with E-state index in [4.69, 9.17) is 5.26 Å². The number of hydrogen-bond donors (Lipinski definition) is 1. The van der Waals surface area contributed by atoms with E-state index in [1.165, 1.54) is 0 Å². The monoisotopic (exact) mass is 250 g/mol. The highest BCUT2D eigenvalue weighted by Crippen LogP contribution is 2.26. The third kappa shape index (κ3) is 2.44. The second-order valence-electron chi connectivity index (χ2n) is 5.98. The maximum Gasteiger partial charge on any atom is 0.319 e. The van der Waals surface area contributed by atoms with Gasteiger partial charge in [0, 0.05) is 6.54 Å². The number of rotatable bonds is 2. The van der Waals surface area contributed by atoms with E-state index in [0.717, 1.165) is 25.9 Å². The van der Waals surface area contributed by atoms with Gasteiger partial charge in [-0.05, 0) is 52.7 Å². The van der Waals surface area contributed by atoms with Gasteiger partial charge in [0.2, 0.25) is 0 Å². The molecule has 100 valence electrons. The van der Waals surface area contributed by atoms with Crippen molar-refractivity contribution in [3.63, 3.8) is 0 Å². The number of hydrogen-bond acceptors (Lipinski definition) is 3. The number of urea groups is 1. The predicted molar refractivity (Wildman–Crippen MR) is 68.9 cm³/mol. The molecule has 0 aliphatic carbocycles. The summed E-state index contributed by atoms with van der Waals surface area (Å²) in [5.41, 5.74) is -0.718. The van der Waals surface area contributed by atoms with Gasteiger partial charge in [-0.2, -0.15) is 5.26 Å². The molecule has 1 atom stereocenters. The van der Waals surface area contributed by atoms with Crippen molar-refractivity contribution in [2.45, 2.75) is 38.3 Å². The smallest absolute Gasteiger partial charge is 0.319 e. The molecule has 2 fully saturated rings. The Labute approximate surface area is 109 Å². The summed E-state index contributed by atoms with van der Waals surface area (Å²) in [6, 6.07) is 2.32. The summed E-state index contributed by atoms with van der Waals surface area (Å²) >= 11 is 0. The van der Waals surface area contributed by atoms with E-state index in [0.29, 0.717) is 12.5 Å². The quantitative estimate of drug-likeness (QED) is 0.796. The number of amides is 2. The summed E-state index contributed by atoms with van der Waals surface area (Å²) in [6.45, 7) is 6.44. The molecule has 2 heterocycles. The zero-order chi connectivity index (χ0) is 13.3. The van der Waals surface area contributed by atoms with Crippen molar-refractivity contribution >= 4 is 6.03 Å². The molecule has 0 aromatic heterocycles. The van der Waals surface area contributed by atoms with E-state index in [1.54, 1.807) is 18.7 Å². The van der Waals surface area contributed by atoms with Crippen molar-refractivity contribution in [2.75, 3.05) is 26.7 Å². The molecule has 2 saturated heterocycles. The first-order chi connectivity index (χ1) is 8.44. The van der Waals surface area contributed by atoms with E-state index in [9.17, 15) is 4.79 Å².